The highest BCUT2D eigenvalue weighted by molar-refractivity contribution is 6.06. The molecule has 4 rings (SSSR count). The molecule has 3 N–H and O–H groups in total. The third-order valence-electron chi connectivity index (χ3n) is 9.59. The molecule has 46 heavy (non-hydrogen) atoms. The summed E-state index contributed by atoms with van der Waals surface area (Å²) in [5, 5.41) is 3.40. The van der Waals surface area contributed by atoms with Crippen molar-refractivity contribution in [1.29, 1.82) is 0 Å². The molecular weight excluding hydrogens is 587 g/mol. The van der Waals surface area contributed by atoms with Gasteiger partial charge in [0.05, 0.1) is 17.1 Å². The summed E-state index contributed by atoms with van der Waals surface area (Å²) in [6, 6.07) is 26.6. The molecule has 0 aliphatic carbocycles. The third kappa shape index (κ3) is 8.13. The van der Waals surface area contributed by atoms with Gasteiger partial charge in [0.1, 0.15) is 5.69 Å². The second-order valence-electron chi connectivity index (χ2n) is 12.5. The Labute approximate surface area is 271 Å². The van der Waals surface area contributed by atoms with E-state index < -0.39 is 29.4 Å². The predicted molar refractivity (Wildman–Crippen MR) is 182 cm³/mol. The minimum Gasteiger partial charge on any atom is -0.343 e. The van der Waals surface area contributed by atoms with Crippen molar-refractivity contribution in [2.24, 2.45) is 5.73 Å². The minimum absolute atomic E-state index is 0.0152. The molecule has 9 heteroatoms. The largest absolute Gasteiger partial charge is 0.433 e. The van der Waals surface area contributed by atoms with Crippen LogP contribution in [0, 0.1) is 0 Å². The van der Waals surface area contributed by atoms with E-state index in [4.69, 9.17) is 5.73 Å². The van der Waals surface area contributed by atoms with Crippen molar-refractivity contribution in [1.82, 2.24) is 20.1 Å². The van der Waals surface area contributed by atoms with Gasteiger partial charge in [0.15, 0.2) is 0 Å². The van der Waals surface area contributed by atoms with Crippen LogP contribution in [0.3, 0.4) is 0 Å². The van der Waals surface area contributed by atoms with E-state index in [-0.39, 0.29) is 22.7 Å². The van der Waals surface area contributed by atoms with Gasteiger partial charge in [-0.1, -0.05) is 92.7 Å². The number of likely N-dealkylation sites (N-methyl/N-ethyl adjacent to an activating group) is 2. The summed E-state index contributed by atoms with van der Waals surface area (Å²) in [6.07, 6.45) is -2.90. The Morgan fingerprint density at radius 2 is 1.26 bits per heavy atom. The van der Waals surface area contributed by atoms with Crippen molar-refractivity contribution in [2.75, 3.05) is 28.2 Å². The number of rotatable bonds is 10. The summed E-state index contributed by atoms with van der Waals surface area (Å²) in [4.78, 5) is 21.3. The molecule has 3 aromatic carbocycles. The Kier molecular flexibility index (Phi) is 12.1. The van der Waals surface area contributed by atoms with E-state index >= 15 is 0 Å². The van der Waals surface area contributed by atoms with E-state index in [1.54, 1.807) is 18.2 Å². The molecule has 0 aliphatic rings. The van der Waals surface area contributed by atoms with Crippen LogP contribution in [0.15, 0.2) is 91.0 Å². The number of hydrogen-bond acceptors (Lipinski definition) is 5. The molecule has 0 saturated carbocycles. The Bertz CT molecular complexity index is 1560. The number of aromatic nitrogens is 1. The van der Waals surface area contributed by atoms with Gasteiger partial charge >= 0.3 is 6.18 Å². The summed E-state index contributed by atoms with van der Waals surface area (Å²) in [5.41, 5.74) is 6.97. The normalized spacial score (nSPS) is 15.8. The number of hydrogen-bond donors (Lipinski definition) is 2. The standard InChI is InChI=1S/C24H26F3N3O.C13H22N2/c1-5-23(2,30(3)4)21(16-11-7-6-8-12-16)29-22(31)18-15-20(24(25,26)27)28-19-14-10-9-13-17(18)19;1-5-13(2,15(3)4)12(14)11-9-7-6-8-10-11/h6-15,21H,5H2,1-4H3,(H,29,31);6-10,12H,5,14H2,1-4H3. The molecule has 1 amide bonds. The smallest absolute Gasteiger partial charge is 0.343 e. The third-order valence-corrected chi connectivity index (χ3v) is 9.59. The molecule has 4 unspecified atom stereocenters. The van der Waals surface area contributed by atoms with Gasteiger partial charge in [0.2, 0.25) is 0 Å². The van der Waals surface area contributed by atoms with Crippen LogP contribution in [0.2, 0.25) is 0 Å². The molecule has 4 atom stereocenters. The quantitative estimate of drug-likeness (QED) is 0.186. The average Bonchev–Trinajstić information content (AvgIpc) is 3.05. The van der Waals surface area contributed by atoms with Crippen LogP contribution in [0.4, 0.5) is 13.2 Å². The van der Waals surface area contributed by atoms with E-state index in [1.807, 2.05) is 81.4 Å². The number of carbonyl (C=O) groups excluding carboxylic acids is 1. The van der Waals surface area contributed by atoms with Crippen LogP contribution in [0.25, 0.3) is 10.9 Å². The van der Waals surface area contributed by atoms with Crippen LogP contribution in [0.1, 0.15) is 79.8 Å². The molecule has 0 radical (unpaired) electrons. The second-order valence-corrected chi connectivity index (χ2v) is 12.5. The number of fused-ring (bicyclic) bond motifs is 1. The molecule has 0 saturated heterocycles. The van der Waals surface area contributed by atoms with Gasteiger partial charge in [0.25, 0.3) is 5.91 Å². The zero-order valence-corrected chi connectivity index (χ0v) is 28.2. The monoisotopic (exact) mass is 635 g/mol. The summed E-state index contributed by atoms with van der Waals surface area (Å²) < 4.78 is 40.3. The number of nitrogens with two attached hydrogens (primary N) is 1. The fourth-order valence-electron chi connectivity index (χ4n) is 5.57. The number of benzene rings is 3. The lowest BCUT2D eigenvalue weighted by Crippen LogP contribution is -2.52. The molecule has 0 spiro atoms. The predicted octanol–water partition coefficient (Wildman–Crippen LogP) is 7.87. The number of carbonyl (C=O) groups is 1. The fourth-order valence-corrected chi connectivity index (χ4v) is 5.57. The lowest BCUT2D eigenvalue weighted by atomic mass is 9.83. The van der Waals surface area contributed by atoms with Crippen LogP contribution >= 0.6 is 0 Å². The van der Waals surface area contributed by atoms with E-state index in [0.717, 1.165) is 18.1 Å². The highest BCUT2D eigenvalue weighted by atomic mass is 19.4. The zero-order chi connectivity index (χ0) is 34.3. The minimum atomic E-state index is -4.65. The maximum atomic E-state index is 13.4. The summed E-state index contributed by atoms with van der Waals surface area (Å²) in [5.74, 6) is -0.570. The van der Waals surface area contributed by atoms with Gasteiger partial charge in [-0.05, 0) is 78.1 Å². The summed E-state index contributed by atoms with van der Waals surface area (Å²) in [6.45, 7) is 8.44. The van der Waals surface area contributed by atoms with E-state index in [1.165, 1.54) is 11.6 Å². The first-order valence-corrected chi connectivity index (χ1v) is 15.6. The Morgan fingerprint density at radius 3 is 1.74 bits per heavy atom. The highest BCUT2D eigenvalue weighted by Gasteiger charge is 2.38. The van der Waals surface area contributed by atoms with Crippen molar-refractivity contribution in [3.63, 3.8) is 0 Å². The van der Waals surface area contributed by atoms with Gasteiger partial charge < -0.3 is 20.9 Å². The van der Waals surface area contributed by atoms with Crippen LogP contribution in [-0.4, -0.2) is 60.0 Å². The van der Waals surface area contributed by atoms with Gasteiger partial charge in [-0.3, -0.25) is 4.79 Å². The first kappa shape index (κ1) is 36.7. The second kappa shape index (κ2) is 15.2. The number of alkyl halides is 3. The maximum absolute atomic E-state index is 13.4. The van der Waals surface area contributed by atoms with Gasteiger partial charge in [-0.25, -0.2) is 4.98 Å². The lowest BCUT2D eigenvalue weighted by Gasteiger charge is -2.43. The van der Waals surface area contributed by atoms with E-state index in [0.29, 0.717) is 11.8 Å². The number of halogens is 3. The molecule has 1 heterocycles. The van der Waals surface area contributed by atoms with E-state index in [9.17, 15) is 18.0 Å². The van der Waals surface area contributed by atoms with E-state index in [2.05, 4.69) is 55.3 Å². The number of para-hydroxylation sites is 1. The molecule has 1 aromatic heterocycles. The highest BCUT2D eigenvalue weighted by Crippen LogP contribution is 2.35. The Balaban J connectivity index is 0.000000322. The number of nitrogens with one attached hydrogen (secondary N) is 1. The molecule has 248 valence electrons. The number of pyridine rings is 1. The lowest BCUT2D eigenvalue weighted by molar-refractivity contribution is -0.141. The maximum Gasteiger partial charge on any atom is 0.433 e. The zero-order valence-electron chi connectivity index (χ0n) is 28.2. The fraction of sp³-hybridized carbons (Fsp3) is 0.405. The topological polar surface area (TPSA) is 74.5 Å². The Morgan fingerprint density at radius 1 is 0.783 bits per heavy atom. The van der Waals surface area contributed by atoms with Gasteiger partial charge in [0, 0.05) is 22.5 Å². The average molecular weight is 636 g/mol. The SMILES string of the molecule is CCC(C)(C(N)c1ccccc1)N(C)C.CCC(C)(C(NC(=O)c1cc(C(F)(F)F)nc2ccccc12)c1ccccc1)N(C)C. The van der Waals surface area contributed by atoms with Crippen molar-refractivity contribution >= 4 is 16.8 Å². The first-order chi connectivity index (χ1) is 21.6. The molecule has 0 aliphatic heterocycles. The Hall–Kier alpha value is -3.79. The van der Waals surface area contributed by atoms with Crippen molar-refractivity contribution in [2.45, 2.75) is 69.9 Å². The van der Waals surface area contributed by atoms with Crippen LogP contribution < -0.4 is 11.1 Å². The van der Waals surface area contributed by atoms with Gasteiger partial charge in [-0.15, -0.1) is 0 Å². The van der Waals surface area contributed by atoms with Crippen molar-refractivity contribution in [3.05, 3.63) is 113 Å². The van der Waals surface area contributed by atoms with Gasteiger partial charge in [-0.2, -0.15) is 13.2 Å². The van der Waals surface area contributed by atoms with Crippen molar-refractivity contribution < 1.29 is 18.0 Å². The summed E-state index contributed by atoms with van der Waals surface area (Å²) >= 11 is 0. The molecule has 0 fully saturated rings. The molecule has 0 bridgehead atoms. The van der Waals surface area contributed by atoms with Crippen LogP contribution in [-0.2, 0) is 6.18 Å². The summed E-state index contributed by atoms with van der Waals surface area (Å²) in [7, 11) is 8.03. The molecule has 6 nitrogen and oxygen atoms in total. The van der Waals surface area contributed by atoms with Crippen molar-refractivity contribution in [3.8, 4) is 0 Å². The number of nitrogens with zero attached hydrogens (tertiary/aromatic N) is 3. The number of amides is 1. The molecular formula is C37H48F3N5O. The first-order valence-electron chi connectivity index (χ1n) is 15.6. The van der Waals surface area contributed by atoms with Crippen LogP contribution in [0.5, 0.6) is 0 Å². The molecule has 4 aromatic rings.